The number of rotatable bonds is 4. The van der Waals surface area contributed by atoms with Gasteiger partial charge in [-0.1, -0.05) is 0 Å². The standard InChI is InChI=1S/C14H15F3O3S/c1-13(2,3)20-12(19)8-21-10-5-4-9(7-18)11(6-10)14(15,16)17/h4-7H,8H2,1-3H3. The van der Waals surface area contributed by atoms with E-state index in [4.69, 9.17) is 4.74 Å². The second-order valence-electron chi connectivity index (χ2n) is 5.24. The van der Waals surface area contributed by atoms with Gasteiger partial charge in [0, 0.05) is 10.5 Å². The number of hydrogen-bond acceptors (Lipinski definition) is 4. The highest BCUT2D eigenvalue weighted by Gasteiger charge is 2.33. The molecule has 1 aromatic rings. The third-order valence-electron chi connectivity index (χ3n) is 2.23. The minimum absolute atomic E-state index is 0.102. The van der Waals surface area contributed by atoms with Crippen LogP contribution in [0.2, 0.25) is 0 Å². The predicted molar refractivity (Wildman–Crippen MR) is 73.4 cm³/mol. The van der Waals surface area contributed by atoms with Crippen molar-refractivity contribution in [2.24, 2.45) is 0 Å². The van der Waals surface area contributed by atoms with Gasteiger partial charge in [0.15, 0.2) is 6.29 Å². The molecule has 116 valence electrons. The van der Waals surface area contributed by atoms with Gasteiger partial charge in [0.05, 0.1) is 11.3 Å². The summed E-state index contributed by atoms with van der Waals surface area (Å²) in [5.74, 6) is -0.616. The molecule has 0 fully saturated rings. The van der Waals surface area contributed by atoms with Gasteiger partial charge >= 0.3 is 12.1 Å². The second-order valence-corrected chi connectivity index (χ2v) is 6.29. The van der Waals surface area contributed by atoms with Crippen molar-refractivity contribution in [3.63, 3.8) is 0 Å². The number of esters is 1. The largest absolute Gasteiger partial charge is 0.459 e. The van der Waals surface area contributed by atoms with Gasteiger partial charge in [-0.05, 0) is 39.0 Å². The lowest BCUT2D eigenvalue weighted by atomic mass is 10.1. The quantitative estimate of drug-likeness (QED) is 0.478. The van der Waals surface area contributed by atoms with E-state index in [1.54, 1.807) is 20.8 Å². The summed E-state index contributed by atoms with van der Waals surface area (Å²) >= 11 is 0.928. The molecule has 0 atom stereocenters. The van der Waals surface area contributed by atoms with Crippen molar-refractivity contribution < 1.29 is 27.5 Å². The van der Waals surface area contributed by atoms with E-state index in [9.17, 15) is 22.8 Å². The van der Waals surface area contributed by atoms with E-state index in [1.165, 1.54) is 6.07 Å². The number of carbonyl (C=O) groups is 2. The Labute approximate surface area is 124 Å². The summed E-state index contributed by atoms with van der Waals surface area (Å²) in [5, 5.41) is 0. The number of alkyl halides is 3. The average molecular weight is 320 g/mol. The third kappa shape index (κ3) is 5.79. The molecule has 0 aromatic heterocycles. The SMILES string of the molecule is CC(C)(C)OC(=O)CSc1ccc(C=O)c(C(F)(F)F)c1. The normalized spacial score (nSPS) is 12.1. The van der Waals surface area contributed by atoms with Crippen LogP contribution in [0.1, 0.15) is 36.7 Å². The van der Waals surface area contributed by atoms with Crippen molar-refractivity contribution >= 4 is 24.0 Å². The molecular weight excluding hydrogens is 305 g/mol. The number of carbonyl (C=O) groups excluding carboxylic acids is 2. The van der Waals surface area contributed by atoms with Gasteiger partial charge < -0.3 is 4.74 Å². The van der Waals surface area contributed by atoms with Gasteiger partial charge in [-0.3, -0.25) is 9.59 Å². The first-order valence-electron chi connectivity index (χ1n) is 6.04. The van der Waals surface area contributed by atoms with Gasteiger partial charge in [-0.25, -0.2) is 0 Å². The highest BCUT2D eigenvalue weighted by molar-refractivity contribution is 8.00. The highest BCUT2D eigenvalue weighted by Crippen LogP contribution is 2.34. The molecule has 0 aliphatic rings. The minimum Gasteiger partial charge on any atom is -0.459 e. The smallest absolute Gasteiger partial charge is 0.417 e. The Bertz CT molecular complexity index is 533. The van der Waals surface area contributed by atoms with Crippen LogP contribution < -0.4 is 0 Å². The lowest BCUT2D eigenvalue weighted by Gasteiger charge is -2.19. The van der Waals surface area contributed by atoms with Crippen molar-refractivity contribution in [2.45, 2.75) is 37.4 Å². The summed E-state index contributed by atoms with van der Waals surface area (Å²) in [4.78, 5) is 22.4. The van der Waals surface area contributed by atoms with Crippen LogP contribution in [-0.2, 0) is 15.7 Å². The topological polar surface area (TPSA) is 43.4 Å². The summed E-state index contributed by atoms with van der Waals surface area (Å²) in [7, 11) is 0. The summed E-state index contributed by atoms with van der Waals surface area (Å²) < 4.78 is 43.4. The maximum atomic E-state index is 12.8. The van der Waals surface area contributed by atoms with Crippen LogP contribution in [0, 0.1) is 0 Å². The molecule has 0 amide bonds. The number of aldehydes is 1. The Hall–Kier alpha value is -1.50. The zero-order valence-corrected chi connectivity index (χ0v) is 12.6. The lowest BCUT2D eigenvalue weighted by Crippen LogP contribution is -2.24. The Morgan fingerprint density at radius 1 is 1.29 bits per heavy atom. The zero-order chi connectivity index (χ0) is 16.3. The Balaban J connectivity index is 2.82. The summed E-state index contributed by atoms with van der Waals surface area (Å²) in [6, 6.07) is 3.32. The van der Waals surface area contributed by atoms with E-state index in [2.05, 4.69) is 0 Å². The van der Waals surface area contributed by atoms with E-state index in [0.717, 1.165) is 23.9 Å². The van der Waals surface area contributed by atoms with Crippen LogP contribution in [-0.4, -0.2) is 23.6 Å². The van der Waals surface area contributed by atoms with E-state index in [-0.39, 0.29) is 16.9 Å². The maximum Gasteiger partial charge on any atom is 0.417 e. The fourth-order valence-corrected chi connectivity index (χ4v) is 2.20. The fourth-order valence-electron chi connectivity index (χ4n) is 1.49. The van der Waals surface area contributed by atoms with Crippen LogP contribution in [0.4, 0.5) is 13.2 Å². The van der Waals surface area contributed by atoms with Crippen LogP contribution >= 0.6 is 11.8 Å². The van der Waals surface area contributed by atoms with E-state index >= 15 is 0 Å². The summed E-state index contributed by atoms with van der Waals surface area (Å²) in [6.45, 7) is 5.11. The van der Waals surface area contributed by atoms with Gasteiger partial charge in [-0.15, -0.1) is 11.8 Å². The van der Waals surface area contributed by atoms with Crippen LogP contribution in [0.3, 0.4) is 0 Å². The van der Waals surface area contributed by atoms with Crippen molar-refractivity contribution in [3.8, 4) is 0 Å². The van der Waals surface area contributed by atoms with Crippen molar-refractivity contribution in [1.29, 1.82) is 0 Å². The molecule has 1 aromatic carbocycles. The van der Waals surface area contributed by atoms with Crippen molar-refractivity contribution in [1.82, 2.24) is 0 Å². The number of ether oxygens (including phenoxy) is 1. The van der Waals surface area contributed by atoms with Gasteiger partial charge in [0.2, 0.25) is 0 Å². The molecule has 0 saturated heterocycles. The van der Waals surface area contributed by atoms with Gasteiger partial charge in [-0.2, -0.15) is 13.2 Å². The average Bonchev–Trinajstić information content (AvgIpc) is 2.33. The molecular formula is C14H15F3O3S. The molecule has 0 unspecified atom stereocenters. The predicted octanol–water partition coefficient (Wildman–Crippen LogP) is 3.95. The molecule has 21 heavy (non-hydrogen) atoms. The minimum atomic E-state index is -4.61. The summed E-state index contributed by atoms with van der Waals surface area (Å²) in [5.41, 5.74) is -2.08. The van der Waals surface area contributed by atoms with Crippen LogP contribution in [0.15, 0.2) is 23.1 Å². The number of thioether (sulfide) groups is 1. The number of hydrogen-bond donors (Lipinski definition) is 0. The molecule has 1 rings (SSSR count). The Morgan fingerprint density at radius 2 is 1.90 bits per heavy atom. The highest BCUT2D eigenvalue weighted by atomic mass is 32.2. The molecule has 0 saturated carbocycles. The maximum absolute atomic E-state index is 12.8. The van der Waals surface area contributed by atoms with Gasteiger partial charge in [0.25, 0.3) is 0 Å². The fraction of sp³-hybridized carbons (Fsp3) is 0.429. The lowest BCUT2D eigenvalue weighted by molar-refractivity contribution is -0.151. The van der Waals surface area contributed by atoms with E-state index < -0.39 is 28.9 Å². The molecule has 0 bridgehead atoms. The first-order valence-corrected chi connectivity index (χ1v) is 7.02. The summed E-state index contributed by atoms with van der Waals surface area (Å²) in [6.07, 6.45) is -4.45. The molecule has 0 aliphatic heterocycles. The molecule has 0 radical (unpaired) electrons. The monoisotopic (exact) mass is 320 g/mol. The molecule has 0 N–H and O–H groups in total. The third-order valence-corrected chi connectivity index (χ3v) is 3.20. The van der Waals surface area contributed by atoms with Crippen molar-refractivity contribution in [3.05, 3.63) is 29.3 Å². The molecule has 0 spiro atoms. The van der Waals surface area contributed by atoms with Crippen LogP contribution in [0.5, 0.6) is 0 Å². The molecule has 7 heteroatoms. The molecule has 3 nitrogen and oxygen atoms in total. The Kier molecular flexibility index (Phi) is 5.44. The zero-order valence-electron chi connectivity index (χ0n) is 11.8. The Morgan fingerprint density at radius 3 is 2.38 bits per heavy atom. The number of halogens is 3. The van der Waals surface area contributed by atoms with Crippen molar-refractivity contribution in [2.75, 3.05) is 5.75 Å². The molecule has 0 aliphatic carbocycles. The van der Waals surface area contributed by atoms with E-state index in [0.29, 0.717) is 0 Å². The first-order chi connectivity index (χ1) is 9.53. The van der Waals surface area contributed by atoms with E-state index in [1.807, 2.05) is 0 Å². The second kappa shape index (κ2) is 6.51. The number of benzene rings is 1. The molecule has 0 heterocycles. The van der Waals surface area contributed by atoms with Gasteiger partial charge in [0.1, 0.15) is 5.60 Å². The van der Waals surface area contributed by atoms with Crippen LogP contribution in [0.25, 0.3) is 0 Å². The first kappa shape index (κ1) is 17.6.